The monoisotopic (exact) mass is 376 g/mol. The number of carbonyl (C=O) groups excluding carboxylic acids is 2. The molecule has 1 saturated carbocycles. The van der Waals surface area contributed by atoms with Gasteiger partial charge in [-0.2, -0.15) is 0 Å². The molecule has 2 amide bonds. The number of carboxylic acids is 1. The number of rotatable bonds is 8. The van der Waals surface area contributed by atoms with E-state index in [0.29, 0.717) is 19.3 Å². The number of hydrogen-bond acceptors (Lipinski definition) is 4. The van der Waals surface area contributed by atoms with E-state index in [0.717, 1.165) is 5.56 Å². The number of carboxylic acid groups (broad SMARTS) is 1. The van der Waals surface area contributed by atoms with E-state index in [1.54, 1.807) is 20.8 Å². The molecule has 1 fully saturated rings. The first-order valence-corrected chi connectivity index (χ1v) is 9.11. The number of nitrogens with two attached hydrogens (primary N) is 1. The molecule has 7 heteroatoms. The standard InChI is InChI=1S/C20H28N2O5/c1-19(2,3)27-18(26)22(15(17(24)25)9-10-16(21)23)20(11-12-20)13-14-7-5-4-6-8-14/h4-8,15H,9-13H2,1-3H3,(H2,21,23)(H,24,25)/t15-/m0/s1. The second-order valence-corrected chi connectivity index (χ2v) is 8.10. The Morgan fingerprint density at radius 1 is 1.22 bits per heavy atom. The molecule has 3 N–H and O–H groups in total. The maximum Gasteiger partial charge on any atom is 0.411 e. The number of hydrogen-bond donors (Lipinski definition) is 2. The fourth-order valence-electron chi connectivity index (χ4n) is 3.23. The van der Waals surface area contributed by atoms with Crippen LogP contribution in [0.15, 0.2) is 30.3 Å². The van der Waals surface area contributed by atoms with E-state index < -0.39 is 35.2 Å². The predicted molar refractivity (Wildman–Crippen MR) is 100 cm³/mol. The number of carbonyl (C=O) groups is 3. The number of ether oxygens (including phenoxy) is 1. The fraction of sp³-hybridized carbons (Fsp3) is 0.550. The Kier molecular flexibility index (Phi) is 6.13. The van der Waals surface area contributed by atoms with Crippen molar-refractivity contribution in [3.05, 3.63) is 35.9 Å². The summed E-state index contributed by atoms with van der Waals surface area (Å²) in [6.45, 7) is 5.21. The lowest BCUT2D eigenvalue weighted by Gasteiger charge is -2.38. The smallest absolute Gasteiger partial charge is 0.411 e. The summed E-state index contributed by atoms with van der Waals surface area (Å²) in [7, 11) is 0. The molecule has 7 nitrogen and oxygen atoms in total. The molecular weight excluding hydrogens is 348 g/mol. The van der Waals surface area contributed by atoms with Crippen molar-refractivity contribution in [2.45, 2.75) is 70.1 Å². The van der Waals surface area contributed by atoms with Crippen LogP contribution < -0.4 is 5.73 Å². The summed E-state index contributed by atoms with van der Waals surface area (Å²) < 4.78 is 5.51. The van der Waals surface area contributed by atoms with E-state index in [1.165, 1.54) is 4.90 Å². The van der Waals surface area contributed by atoms with E-state index in [9.17, 15) is 19.5 Å². The van der Waals surface area contributed by atoms with Gasteiger partial charge in [-0.25, -0.2) is 9.59 Å². The first-order chi connectivity index (χ1) is 12.5. The molecule has 0 aromatic heterocycles. The van der Waals surface area contributed by atoms with Gasteiger partial charge >= 0.3 is 12.1 Å². The van der Waals surface area contributed by atoms with Gasteiger partial charge in [-0.15, -0.1) is 0 Å². The van der Waals surface area contributed by atoms with E-state index in [-0.39, 0.29) is 12.8 Å². The molecule has 1 aromatic carbocycles. The number of amides is 2. The molecule has 1 aromatic rings. The Morgan fingerprint density at radius 3 is 2.26 bits per heavy atom. The molecule has 27 heavy (non-hydrogen) atoms. The highest BCUT2D eigenvalue weighted by Crippen LogP contribution is 2.46. The zero-order valence-corrected chi connectivity index (χ0v) is 16.1. The molecule has 2 rings (SSSR count). The van der Waals surface area contributed by atoms with Crippen LogP contribution in [-0.4, -0.2) is 45.2 Å². The van der Waals surface area contributed by atoms with Crippen LogP contribution in [0, 0.1) is 0 Å². The highest BCUT2D eigenvalue weighted by molar-refractivity contribution is 5.82. The Hall–Kier alpha value is -2.57. The lowest BCUT2D eigenvalue weighted by molar-refractivity contribution is -0.145. The Bertz CT molecular complexity index is 692. The highest BCUT2D eigenvalue weighted by atomic mass is 16.6. The van der Waals surface area contributed by atoms with E-state index in [1.807, 2.05) is 30.3 Å². The van der Waals surface area contributed by atoms with Crippen LogP contribution >= 0.6 is 0 Å². The second kappa shape index (κ2) is 7.98. The summed E-state index contributed by atoms with van der Waals surface area (Å²) in [6, 6.07) is 8.45. The average Bonchev–Trinajstić information content (AvgIpc) is 3.30. The summed E-state index contributed by atoms with van der Waals surface area (Å²) in [5.41, 5.74) is 4.84. The van der Waals surface area contributed by atoms with Gasteiger partial charge in [-0.1, -0.05) is 30.3 Å². The minimum Gasteiger partial charge on any atom is -0.480 e. The summed E-state index contributed by atoms with van der Waals surface area (Å²) >= 11 is 0. The van der Waals surface area contributed by atoms with Gasteiger partial charge in [-0.05, 0) is 52.0 Å². The van der Waals surface area contributed by atoms with Gasteiger partial charge in [0.1, 0.15) is 11.6 Å². The predicted octanol–water partition coefficient (Wildman–Crippen LogP) is 2.72. The summed E-state index contributed by atoms with van der Waals surface area (Å²) in [6.07, 6.45) is 1.07. The van der Waals surface area contributed by atoms with Crippen molar-refractivity contribution in [2.75, 3.05) is 0 Å². The van der Waals surface area contributed by atoms with Gasteiger partial charge in [0.15, 0.2) is 0 Å². The van der Waals surface area contributed by atoms with Crippen LogP contribution in [-0.2, 0) is 20.7 Å². The molecule has 148 valence electrons. The maximum absolute atomic E-state index is 13.0. The molecule has 0 unspecified atom stereocenters. The third kappa shape index (κ3) is 5.70. The second-order valence-electron chi connectivity index (χ2n) is 8.10. The normalized spacial score (nSPS) is 16.3. The lowest BCUT2D eigenvalue weighted by atomic mass is 9.99. The van der Waals surface area contributed by atoms with Gasteiger partial charge < -0.3 is 15.6 Å². The molecule has 0 saturated heterocycles. The highest BCUT2D eigenvalue weighted by Gasteiger charge is 2.55. The van der Waals surface area contributed by atoms with Crippen LogP contribution in [0.2, 0.25) is 0 Å². The van der Waals surface area contributed by atoms with Crippen LogP contribution in [0.5, 0.6) is 0 Å². The molecule has 1 aliphatic carbocycles. The fourth-order valence-corrected chi connectivity index (χ4v) is 3.23. The van der Waals surface area contributed by atoms with Crippen LogP contribution in [0.4, 0.5) is 4.79 Å². The SMILES string of the molecule is CC(C)(C)OC(=O)N([C@@H](CCC(N)=O)C(=O)O)C1(Cc2ccccc2)CC1. The van der Waals surface area contributed by atoms with Crippen LogP contribution in [0.3, 0.4) is 0 Å². The van der Waals surface area contributed by atoms with E-state index >= 15 is 0 Å². The number of benzene rings is 1. The number of primary amides is 1. The zero-order chi connectivity index (χ0) is 20.2. The Labute approximate surface area is 159 Å². The molecular formula is C20H28N2O5. The van der Waals surface area contributed by atoms with E-state index in [2.05, 4.69) is 0 Å². The molecule has 0 radical (unpaired) electrons. The minimum atomic E-state index is -1.17. The van der Waals surface area contributed by atoms with Crippen molar-refractivity contribution in [1.29, 1.82) is 0 Å². The van der Waals surface area contributed by atoms with E-state index in [4.69, 9.17) is 10.5 Å². The van der Waals surface area contributed by atoms with Crippen molar-refractivity contribution in [1.82, 2.24) is 4.90 Å². The molecule has 0 heterocycles. The third-order valence-corrected chi connectivity index (χ3v) is 4.57. The number of nitrogens with zero attached hydrogens (tertiary/aromatic N) is 1. The molecule has 1 aliphatic rings. The molecule has 0 aliphatic heterocycles. The summed E-state index contributed by atoms with van der Waals surface area (Å²) in [5.74, 6) is -1.76. The van der Waals surface area contributed by atoms with Gasteiger partial charge in [0, 0.05) is 6.42 Å². The van der Waals surface area contributed by atoms with Crippen molar-refractivity contribution >= 4 is 18.0 Å². The Balaban J connectivity index is 2.34. The minimum absolute atomic E-state index is 0.0412. The van der Waals surface area contributed by atoms with Crippen LogP contribution in [0.25, 0.3) is 0 Å². The van der Waals surface area contributed by atoms with Gasteiger partial charge in [-0.3, -0.25) is 9.69 Å². The summed E-state index contributed by atoms with van der Waals surface area (Å²) in [5, 5.41) is 9.76. The Morgan fingerprint density at radius 2 is 1.81 bits per heavy atom. The topological polar surface area (TPSA) is 110 Å². The molecule has 0 bridgehead atoms. The largest absolute Gasteiger partial charge is 0.480 e. The van der Waals surface area contributed by atoms with Gasteiger partial charge in [0.25, 0.3) is 0 Å². The van der Waals surface area contributed by atoms with Crippen molar-refractivity contribution in [3.63, 3.8) is 0 Å². The zero-order valence-electron chi connectivity index (χ0n) is 16.1. The average molecular weight is 376 g/mol. The van der Waals surface area contributed by atoms with Crippen molar-refractivity contribution in [2.24, 2.45) is 5.73 Å². The quantitative estimate of drug-likeness (QED) is 0.725. The molecule has 0 spiro atoms. The van der Waals surface area contributed by atoms with Gasteiger partial charge in [0.2, 0.25) is 5.91 Å². The first-order valence-electron chi connectivity index (χ1n) is 9.11. The third-order valence-electron chi connectivity index (χ3n) is 4.57. The number of aliphatic carboxylic acids is 1. The van der Waals surface area contributed by atoms with Gasteiger partial charge in [0.05, 0.1) is 5.54 Å². The van der Waals surface area contributed by atoms with Crippen LogP contribution in [0.1, 0.15) is 52.0 Å². The maximum atomic E-state index is 13.0. The van der Waals surface area contributed by atoms with Crippen molar-refractivity contribution in [3.8, 4) is 0 Å². The van der Waals surface area contributed by atoms with Crippen molar-refractivity contribution < 1.29 is 24.2 Å². The first kappa shape index (κ1) is 20.7. The molecule has 1 atom stereocenters. The lowest BCUT2D eigenvalue weighted by Crippen LogP contribution is -2.54. The summed E-state index contributed by atoms with van der Waals surface area (Å²) in [4.78, 5) is 37.4.